The third-order valence-electron chi connectivity index (χ3n) is 4.44. The molecule has 27 heavy (non-hydrogen) atoms. The molecule has 3 heterocycles. The van der Waals surface area contributed by atoms with Gasteiger partial charge in [0.15, 0.2) is 0 Å². The molecule has 1 aromatic carbocycles. The van der Waals surface area contributed by atoms with E-state index in [0.29, 0.717) is 22.2 Å². The molecule has 8 nitrogen and oxygen atoms in total. The second kappa shape index (κ2) is 7.67. The number of aromatic nitrogens is 4. The monoisotopic (exact) mass is 381 g/mol. The second-order valence-electron chi connectivity index (χ2n) is 6.22. The summed E-state index contributed by atoms with van der Waals surface area (Å²) < 4.78 is 3.78. The fraction of sp³-hybridized carbons (Fsp3) is 0.278. The van der Waals surface area contributed by atoms with Gasteiger partial charge in [-0.15, -0.1) is 5.10 Å². The van der Waals surface area contributed by atoms with Crippen molar-refractivity contribution >= 4 is 34.8 Å². The van der Waals surface area contributed by atoms with Crippen LogP contribution in [0.3, 0.4) is 0 Å². The summed E-state index contributed by atoms with van der Waals surface area (Å²) in [5, 5.41) is 6.63. The lowest BCUT2D eigenvalue weighted by Crippen LogP contribution is -2.47. The van der Waals surface area contributed by atoms with Crippen molar-refractivity contribution in [1.82, 2.24) is 19.6 Å². The van der Waals surface area contributed by atoms with Crippen molar-refractivity contribution in [2.45, 2.75) is 6.92 Å². The normalized spacial score (nSPS) is 14.3. The Hall–Kier alpha value is -3.07. The molecule has 9 heteroatoms. The summed E-state index contributed by atoms with van der Waals surface area (Å²) in [6, 6.07) is 10.4. The minimum absolute atomic E-state index is 0.240. The smallest absolute Gasteiger partial charge is 0.269 e. The van der Waals surface area contributed by atoms with Crippen molar-refractivity contribution in [3.63, 3.8) is 0 Å². The van der Waals surface area contributed by atoms with E-state index in [2.05, 4.69) is 58.9 Å². The summed E-state index contributed by atoms with van der Waals surface area (Å²) in [6.07, 6.45) is 3.27. The van der Waals surface area contributed by atoms with Crippen LogP contribution in [0.15, 0.2) is 42.7 Å². The number of nitrogens with one attached hydrogen (secondary N) is 1. The lowest BCUT2D eigenvalue weighted by Gasteiger charge is -2.36. The van der Waals surface area contributed by atoms with Gasteiger partial charge in [-0.05, 0) is 30.6 Å². The van der Waals surface area contributed by atoms with Crippen molar-refractivity contribution in [3.8, 4) is 0 Å². The van der Waals surface area contributed by atoms with E-state index in [9.17, 15) is 4.79 Å². The van der Waals surface area contributed by atoms with Crippen molar-refractivity contribution in [2.75, 3.05) is 41.3 Å². The van der Waals surface area contributed by atoms with Crippen molar-refractivity contribution in [3.05, 3.63) is 53.3 Å². The molecule has 0 radical (unpaired) electrons. The maximum atomic E-state index is 12.2. The number of carbonyl (C=O) groups is 1. The minimum atomic E-state index is -0.240. The van der Waals surface area contributed by atoms with Gasteiger partial charge in [-0.1, -0.05) is 22.7 Å². The van der Waals surface area contributed by atoms with E-state index in [1.807, 2.05) is 6.07 Å². The first kappa shape index (κ1) is 17.3. The number of carbonyl (C=O) groups excluding carboxylic acids is 1. The Morgan fingerprint density at radius 2 is 1.70 bits per heavy atom. The Labute approximate surface area is 161 Å². The number of amides is 1. The minimum Gasteiger partial charge on any atom is -0.368 e. The molecule has 2 aromatic heterocycles. The Morgan fingerprint density at radius 1 is 1.04 bits per heavy atom. The molecule has 138 valence electrons. The highest BCUT2D eigenvalue weighted by molar-refractivity contribution is 7.08. The molecular formula is C18H19N7OS. The first-order valence-electron chi connectivity index (χ1n) is 8.68. The van der Waals surface area contributed by atoms with Gasteiger partial charge in [-0.25, -0.2) is 9.97 Å². The van der Waals surface area contributed by atoms with Crippen LogP contribution in [0.2, 0.25) is 0 Å². The largest absolute Gasteiger partial charge is 0.368 e. The number of piperazine rings is 1. The lowest BCUT2D eigenvalue weighted by molar-refractivity contribution is 0.102. The highest BCUT2D eigenvalue weighted by atomic mass is 32.1. The van der Waals surface area contributed by atoms with Crippen LogP contribution in [0.25, 0.3) is 0 Å². The number of benzene rings is 1. The molecule has 0 bridgehead atoms. The van der Waals surface area contributed by atoms with Crippen LogP contribution < -0.4 is 15.1 Å². The predicted molar refractivity (Wildman–Crippen MR) is 105 cm³/mol. The fourth-order valence-electron chi connectivity index (χ4n) is 2.98. The molecule has 1 amide bonds. The van der Waals surface area contributed by atoms with Gasteiger partial charge in [0.05, 0.1) is 23.8 Å². The summed E-state index contributed by atoms with van der Waals surface area (Å²) in [5.41, 5.74) is 2.41. The van der Waals surface area contributed by atoms with E-state index in [-0.39, 0.29) is 5.91 Å². The third kappa shape index (κ3) is 3.87. The molecule has 0 unspecified atom stereocenters. The molecule has 3 aromatic rings. The van der Waals surface area contributed by atoms with Crippen LogP contribution in [0.1, 0.15) is 15.4 Å². The zero-order valence-electron chi connectivity index (χ0n) is 14.9. The Kier molecular flexibility index (Phi) is 4.93. The molecule has 1 aliphatic rings. The molecule has 1 aliphatic heterocycles. The number of anilines is 3. The van der Waals surface area contributed by atoms with E-state index in [1.54, 1.807) is 19.3 Å². The van der Waals surface area contributed by atoms with Gasteiger partial charge in [-0.2, -0.15) is 0 Å². The second-order valence-corrected chi connectivity index (χ2v) is 6.98. The van der Waals surface area contributed by atoms with Gasteiger partial charge in [0.25, 0.3) is 5.91 Å². The van der Waals surface area contributed by atoms with E-state index in [1.165, 1.54) is 5.69 Å². The molecule has 1 saturated heterocycles. The van der Waals surface area contributed by atoms with E-state index in [0.717, 1.165) is 37.7 Å². The zero-order valence-corrected chi connectivity index (χ0v) is 15.7. The molecule has 0 saturated carbocycles. The molecule has 0 spiro atoms. The summed E-state index contributed by atoms with van der Waals surface area (Å²) in [4.78, 5) is 26.0. The van der Waals surface area contributed by atoms with Crippen molar-refractivity contribution in [2.24, 2.45) is 0 Å². The maximum Gasteiger partial charge on any atom is 0.269 e. The molecule has 1 fully saturated rings. The summed E-state index contributed by atoms with van der Waals surface area (Å²) in [6.45, 7) is 5.30. The maximum absolute atomic E-state index is 12.2. The van der Waals surface area contributed by atoms with Gasteiger partial charge < -0.3 is 15.1 Å². The standard InChI is InChI=1S/C18H19N7OS/c1-13-16(27-23-22-13)17(26)21-14-11-19-18(20-12-14)25-9-7-24(8-10-25)15-5-3-2-4-6-15/h2-6,11-12H,7-10H2,1H3,(H,21,26). The number of hydrogen-bond acceptors (Lipinski definition) is 8. The van der Waals surface area contributed by atoms with Gasteiger partial charge >= 0.3 is 0 Å². The number of hydrogen-bond donors (Lipinski definition) is 1. The number of rotatable bonds is 4. The predicted octanol–water partition coefficient (Wildman–Crippen LogP) is 2.22. The zero-order chi connectivity index (χ0) is 18.6. The van der Waals surface area contributed by atoms with E-state index < -0.39 is 0 Å². The first-order valence-corrected chi connectivity index (χ1v) is 9.45. The molecule has 1 N–H and O–H groups in total. The average molecular weight is 381 g/mol. The van der Waals surface area contributed by atoms with Gasteiger partial charge in [-0.3, -0.25) is 4.79 Å². The van der Waals surface area contributed by atoms with Crippen LogP contribution in [0.5, 0.6) is 0 Å². The van der Waals surface area contributed by atoms with Gasteiger partial charge in [0, 0.05) is 31.9 Å². The van der Waals surface area contributed by atoms with Crippen LogP contribution in [-0.2, 0) is 0 Å². The van der Waals surface area contributed by atoms with Crippen LogP contribution in [0, 0.1) is 6.92 Å². The van der Waals surface area contributed by atoms with Crippen molar-refractivity contribution in [1.29, 1.82) is 0 Å². The van der Waals surface area contributed by atoms with Gasteiger partial charge in [0.1, 0.15) is 4.88 Å². The van der Waals surface area contributed by atoms with Gasteiger partial charge in [0.2, 0.25) is 5.95 Å². The quantitative estimate of drug-likeness (QED) is 0.741. The van der Waals surface area contributed by atoms with E-state index >= 15 is 0 Å². The summed E-state index contributed by atoms with van der Waals surface area (Å²) in [5.74, 6) is 0.437. The summed E-state index contributed by atoms with van der Waals surface area (Å²) in [7, 11) is 0. The number of nitrogens with zero attached hydrogens (tertiary/aromatic N) is 6. The SMILES string of the molecule is Cc1nnsc1C(=O)Nc1cnc(N2CCN(c3ccccc3)CC2)nc1. The fourth-order valence-corrected chi connectivity index (χ4v) is 3.53. The summed E-state index contributed by atoms with van der Waals surface area (Å²) >= 11 is 1.07. The Bertz CT molecular complexity index is 905. The molecule has 0 aliphatic carbocycles. The van der Waals surface area contributed by atoms with Crippen LogP contribution in [-0.4, -0.2) is 51.6 Å². The lowest BCUT2D eigenvalue weighted by atomic mass is 10.2. The molecular weight excluding hydrogens is 362 g/mol. The Balaban J connectivity index is 1.36. The average Bonchev–Trinajstić information content (AvgIpc) is 3.15. The molecule has 4 rings (SSSR count). The molecule has 0 atom stereocenters. The Morgan fingerprint density at radius 3 is 2.33 bits per heavy atom. The third-order valence-corrected chi connectivity index (χ3v) is 5.26. The topological polar surface area (TPSA) is 87.1 Å². The number of para-hydroxylation sites is 1. The highest BCUT2D eigenvalue weighted by Gasteiger charge is 2.19. The van der Waals surface area contributed by atoms with Crippen LogP contribution in [0.4, 0.5) is 17.3 Å². The number of aryl methyl sites for hydroxylation is 1. The first-order chi connectivity index (χ1) is 13.2. The van der Waals surface area contributed by atoms with Crippen molar-refractivity contribution < 1.29 is 4.79 Å². The van der Waals surface area contributed by atoms with Crippen LogP contribution >= 0.6 is 11.5 Å². The highest BCUT2D eigenvalue weighted by Crippen LogP contribution is 2.19. The van der Waals surface area contributed by atoms with E-state index in [4.69, 9.17) is 0 Å².